The van der Waals surface area contributed by atoms with Crippen molar-refractivity contribution in [2.24, 2.45) is 5.92 Å². The standard InChI is InChI=1S/C24H25NO4S/c26-17-21(23(18-27)19-10-4-1-5-11-19)16-24(20-12-6-2-7-13-20)25-30(28,29)22-14-8-3-9-15-22/h1-16,21,23,25-27H,17-18H2/b24-16-/t21-,23-/m1/s1. The van der Waals surface area contributed by atoms with Crippen molar-refractivity contribution in [3.05, 3.63) is 108 Å². The number of nitrogens with one attached hydrogen (secondary N) is 1. The summed E-state index contributed by atoms with van der Waals surface area (Å²) in [5.74, 6) is -0.873. The summed E-state index contributed by atoms with van der Waals surface area (Å²) in [5, 5.41) is 20.1. The van der Waals surface area contributed by atoms with E-state index in [1.165, 1.54) is 12.1 Å². The van der Waals surface area contributed by atoms with E-state index in [0.29, 0.717) is 11.3 Å². The minimum atomic E-state index is -3.82. The number of hydrogen-bond donors (Lipinski definition) is 3. The SMILES string of the molecule is O=S(=O)(N/C(=C\[C@H](CO)[C@H](CO)c1ccccc1)c1ccccc1)c1ccccc1. The predicted molar refractivity (Wildman–Crippen MR) is 118 cm³/mol. The van der Waals surface area contributed by atoms with Crippen LogP contribution in [-0.2, 0) is 10.0 Å². The lowest BCUT2D eigenvalue weighted by molar-refractivity contribution is 0.184. The highest BCUT2D eigenvalue weighted by Gasteiger charge is 2.23. The van der Waals surface area contributed by atoms with Gasteiger partial charge in [-0.15, -0.1) is 0 Å². The molecule has 3 N–H and O–H groups in total. The molecule has 30 heavy (non-hydrogen) atoms. The first kappa shape index (κ1) is 21.8. The molecule has 0 fully saturated rings. The van der Waals surface area contributed by atoms with Crippen molar-refractivity contribution in [1.29, 1.82) is 0 Å². The van der Waals surface area contributed by atoms with Gasteiger partial charge in [0, 0.05) is 11.8 Å². The zero-order valence-electron chi connectivity index (χ0n) is 16.4. The molecule has 0 heterocycles. The Labute approximate surface area is 177 Å². The molecule has 0 saturated heterocycles. The van der Waals surface area contributed by atoms with Gasteiger partial charge in [0.1, 0.15) is 0 Å². The van der Waals surface area contributed by atoms with Gasteiger partial charge in [0.05, 0.1) is 23.8 Å². The molecular weight excluding hydrogens is 398 g/mol. The van der Waals surface area contributed by atoms with Gasteiger partial charge in [-0.3, -0.25) is 4.72 Å². The molecule has 0 aliphatic carbocycles. The average Bonchev–Trinajstić information content (AvgIpc) is 2.80. The Bertz CT molecular complexity index is 1050. The maximum Gasteiger partial charge on any atom is 0.261 e. The summed E-state index contributed by atoms with van der Waals surface area (Å²) < 4.78 is 28.5. The molecule has 3 aromatic rings. The van der Waals surface area contributed by atoms with Crippen LogP contribution in [0.15, 0.2) is 102 Å². The highest BCUT2D eigenvalue weighted by Crippen LogP contribution is 2.28. The Morgan fingerprint density at radius 1 is 0.800 bits per heavy atom. The fraction of sp³-hybridized carbons (Fsp3) is 0.167. The fourth-order valence-corrected chi connectivity index (χ4v) is 4.42. The van der Waals surface area contributed by atoms with Crippen molar-refractivity contribution in [2.75, 3.05) is 13.2 Å². The lowest BCUT2D eigenvalue weighted by atomic mass is 9.86. The molecule has 6 heteroatoms. The summed E-state index contributed by atoms with van der Waals surface area (Å²) in [7, 11) is -3.82. The van der Waals surface area contributed by atoms with E-state index >= 15 is 0 Å². The van der Waals surface area contributed by atoms with Gasteiger partial charge in [0.15, 0.2) is 0 Å². The number of aliphatic hydroxyl groups excluding tert-OH is 2. The van der Waals surface area contributed by atoms with Crippen molar-refractivity contribution < 1.29 is 18.6 Å². The Hall–Kier alpha value is -2.93. The molecular formula is C24H25NO4S. The van der Waals surface area contributed by atoms with Crippen molar-refractivity contribution in [3.8, 4) is 0 Å². The number of rotatable bonds is 9. The van der Waals surface area contributed by atoms with Gasteiger partial charge in [-0.05, 0) is 23.3 Å². The lowest BCUT2D eigenvalue weighted by Crippen LogP contribution is -2.25. The van der Waals surface area contributed by atoms with E-state index in [9.17, 15) is 18.6 Å². The predicted octanol–water partition coefficient (Wildman–Crippen LogP) is 3.39. The lowest BCUT2D eigenvalue weighted by Gasteiger charge is -2.23. The van der Waals surface area contributed by atoms with E-state index in [1.54, 1.807) is 36.4 Å². The van der Waals surface area contributed by atoms with Gasteiger partial charge in [-0.25, -0.2) is 8.42 Å². The zero-order chi connectivity index (χ0) is 21.4. The molecule has 0 amide bonds. The summed E-state index contributed by atoms with van der Waals surface area (Å²) in [6, 6.07) is 26.6. The van der Waals surface area contributed by atoms with Crippen LogP contribution in [0.25, 0.3) is 5.70 Å². The molecule has 0 aromatic heterocycles. The maximum absolute atomic E-state index is 12.9. The van der Waals surface area contributed by atoms with Gasteiger partial charge in [0.25, 0.3) is 10.0 Å². The molecule has 0 radical (unpaired) electrons. The summed E-state index contributed by atoms with van der Waals surface area (Å²) >= 11 is 0. The van der Waals surface area contributed by atoms with Crippen LogP contribution in [0.1, 0.15) is 17.0 Å². The maximum atomic E-state index is 12.9. The second-order valence-corrected chi connectivity index (χ2v) is 8.59. The van der Waals surface area contributed by atoms with Crippen LogP contribution < -0.4 is 4.72 Å². The Morgan fingerprint density at radius 2 is 1.33 bits per heavy atom. The Kier molecular flexibility index (Phi) is 7.41. The molecule has 156 valence electrons. The minimum Gasteiger partial charge on any atom is -0.396 e. The normalized spacial score (nSPS) is 14.1. The third-order valence-corrected chi connectivity index (χ3v) is 6.30. The number of benzene rings is 3. The van der Waals surface area contributed by atoms with Gasteiger partial charge in [-0.2, -0.15) is 0 Å². The fourth-order valence-electron chi connectivity index (χ4n) is 3.31. The molecule has 0 aliphatic heterocycles. The van der Waals surface area contributed by atoms with Crippen molar-refractivity contribution in [1.82, 2.24) is 4.72 Å². The van der Waals surface area contributed by atoms with Gasteiger partial charge in [0.2, 0.25) is 0 Å². The monoisotopic (exact) mass is 423 g/mol. The molecule has 0 unspecified atom stereocenters. The summed E-state index contributed by atoms with van der Waals surface area (Å²) in [6.07, 6.45) is 1.68. The van der Waals surface area contributed by atoms with Gasteiger partial charge >= 0.3 is 0 Å². The highest BCUT2D eigenvalue weighted by molar-refractivity contribution is 7.89. The molecule has 2 atom stereocenters. The summed E-state index contributed by atoms with van der Waals surface area (Å²) in [4.78, 5) is 0.147. The van der Waals surface area contributed by atoms with E-state index in [4.69, 9.17) is 0 Å². The molecule has 0 bridgehead atoms. The first-order chi connectivity index (χ1) is 14.5. The van der Waals surface area contributed by atoms with Crippen molar-refractivity contribution >= 4 is 15.7 Å². The number of sulfonamides is 1. The molecule has 3 aromatic carbocycles. The minimum absolute atomic E-state index is 0.147. The zero-order valence-corrected chi connectivity index (χ0v) is 17.2. The first-order valence-corrected chi connectivity index (χ1v) is 11.1. The Morgan fingerprint density at radius 3 is 1.87 bits per heavy atom. The van der Waals surface area contributed by atoms with E-state index < -0.39 is 15.9 Å². The molecule has 0 spiro atoms. The number of hydrogen-bond acceptors (Lipinski definition) is 4. The van der Waals surface area contributed by atoms with E-state index in [0.717, 1.165) is 5.56 Å². The Balaban J connectivity index is 2.02. The second kappa shape index (κ2) is 10.2. The largest absolute Gasteiger partial charge is 0.396 e. The van der Waals surface area contributed by atoms with E-state index in [2.05, 4.69) is 4.72 Å². The smallest absolute Gasteiger partial charge is 0.261 e. The van der Waals surface area contributed by atoms with Crippen LogP contribution in [0.3, 0.4) is 0 Å². The number of aliphatic hydroxyl groups is 2. The molecule has 5 nitrogen and oxygen atoms in total. The van der Waals surface area contributed by atoms with Crippen LogP contribution in [0.4, 0.5) is 0 Å². The van der Waals surface area contributed by atoms with Crippen LogP contribution in [0.2, 0.25) is 0 Å². The third kappa shape index (κ3) is 5.36. The van der Waals surface area contributed by atoms with Crippen LogP contribution in [-0.4, -0.2) is 31.8 Å². The third-order valence-electron chi connectivity index (χ3n) is 4.92. The topological polar surface area (TPSA) is 86.6 Å². The summed E-state index contributed by atoms with van der Waals surface area (Å²) in [6.45, 7) is -0.428. The van der Waals surface area contributed by atoms with E-state index in [-0.39, 0.29) is 24.0 Å². The summed E-state index contributed by atoms with van der Waals surface area (Å²) in [5.41, 5.74) is 1.89. The van der Waals surface area contributed by atoms with Crippen LogP contribution >= 0.6 is 0 Å². The van der Waals surface area contributed by atoms with Gasteiger partial charge in [-0.1, -0.05) is 84.9 Å². The highest BCUT2D eigenvalue weighted by atomic mass is 32.2. The van der Waals surface area contributed by atoms with Crippen LogP contribution in [0, 0.1) is 5.92 Å². The average molecular weight is 424 g/mol. The first-order valence-electron chi connectivity index (χ1n) is 9.67. The van der Waals surface area contributed by atoms with Crippen LogP contribution in [0.5, 0.6) is 0 Å². The second-order valence-electron chi connectivity index (χ2n) is 6.91. The quantitative estimate of drug-likeness (QED) is 0.492. The molecule has 3 rings (SSSR count). The van der Waals surface area contributed by atoms with Crippen molar-refractivity contribution in [2.45, 2.75) is 10.8 Å². The molecule has 0 aliphatic rings. The van der Waals surface area contributed by atoms with Crippen molar-refractivity contribution in [3.63, 3.8) is 0 Å². The molecule has 0 saturated carbocycles. The van der Waals surface area contributed by atoms with Gasteiger partial charge < -0.3 is 10.2 Å². The van der Waals surface area contributed by atoms with E-state index in [1.807, 2.05) is 48.5 Å².